The fourth-order valence-electron chi connectivity index (χ4n) is 2.32. The van der Waals surface area contributed by atoms with Crippen LogP contribution in [0.2, 0.25) is 0 Å². The molecule has 3 rings (SSSR count). The van der Waals surface area contributed by atoms with Crippen LogP contribution in [0.25, 0.3) is 16.2 Å². The van der Waals surface area contributed by atoms with E-state index in [1.807, 2.05) is 6.07 Å². The lowest BCUT2D eigenvalue weighted by Gasteiger charge is -2.09. The van der Waals surface area contributed by atoms with Crippen molar-refractivity contribution in [2.45, 2.75) is 19.8 Å². The van der Waals surface area contributed by atoms with Crippen molar-refractivity contribution >= 4 is 22.6 Å². The molecule has 1 aromatic carbocycles. The number of hydrogen-bond donors (Lipinski definition) is 0. The van der Waals surface area contributed by atoms with Gasteiger partial charge in [0.05, 0.1) is 14.2 Å². The SMILES string of the molecule is COc1ccc(OC)c(-c2nc3sc(C(C)C)nn3c2C=O)c1. The van der Waals surface area contributed by atoms with Crippen LogP contribution in [0, 0.1) is 0 Å². The number of benzene rings is 1. The lowest BCUT2D eigenvalue weighted by molar-refractivity contribution is 0.111. The van der Waals surface area contributed by atoms with Gasteiger partial charge in [0.25, 0.3) is 0 Å². The molecular formula is C16H17N3O3S. The number of hydrogen-bond acceptors (Lipinski definition) is 6. The zero-order chi connectivity index (χ0) is 16.6. The summed E-state index contributed by atoms with van der Waals surface area (Å²) in [5, 5.41) is 5.44. The van der Waals surface area contributed by atoms with Crippen LogP contribution in [0.4, 0.5) is 0 Å². The van der Waals surface area contributed by atoms with E-state index in [1.54, 1.807) is 30.9 Å². The van der Waals surface area contributed by atoms with Gasteiger partial charge in [0.15, 0.2) is 6.29 Å². The molecule has 23 heavy (non-hydrogen) atoms. The number of imidazole rings is 1. The number of fused-ring (bicyclic) bond motifs is 1. The number of rotatable bonds is 5. The van der Waals surface area contributed by atoms with E-state index in [4.69, 9.17) is 9.47 Å². The Labute approximate surface area is 137 Å². The predicted molar refractivity (Wildman–Crippen MR) is 88.9 cm³/mol. The molecule has 2 heterocycles. The summed E-state index contributed by atoms with van der Waals surface area (Å²) in [5.74, 6) is 1.59. The van der Waals surface area contributed by atoms with E-state index in [-0.39, 0.29) is 5.92 Å². The third kappa shape index (κ3) is 2.57. The highest BCUT2D eigenvalue weighted by atomic mass is 32.1. The Balaban J connectivity index is 2.24. The molecule has 0 aliphatic rings. The van der Waals surface area contributed by atoms with Crippen molar-refractivity contribution in [2.24, 2.45) is 0 Å². The Hall–Kier alpha value is -2.41. The Morgan fingerprint density at radius 3 is 2.65 bits per heavy atom. The lowest BCUT2D eigenvalue weighted by Crippen LogP contribution is -1.97. The van der Waals surface area contributed by atoms with Gasteiger partial charge in [0.1, 0.15) is 27.9 Å². The van der Waals surface area contributed by atoms with Crippen LogP contribution in [0.1, 0.15) is 35.3 Å². The largest absolute Gasteiger partial charge is 0.497 e. The normalized spacial score (nSPS) is 11.2. The summed E-state index contributed by atoms with van der Waals surface area (Å²) in [5.41, 5.74) is 1.66. The first-order valence-electron chi connectivity index (χ1n) is 7.16. The van der Waals surface area contributed by atoms with Gasteiger partial charge < -0.3 is 9.47 Å². The maximum Gasteiger partial charge on any atom is 0.213 e. The van der Waals surface area contributed by atoms with Gasteiger partial charge in [-0.15, -0.1) is 0 Å². The molecule has 0 bridgehead atoms. The van der Waals surface area contributed by atoms with Crippen molar-refractivity contribution in [3.05, 3.63) is 28.9 Å². The van der Waals surface area contributed by atoms with Crippen LogP contribution >= 0.6 is 11.3 Å². The van der Waals surface area contributed by atoms with E-state index in [2.05, 4.69) is 23.9 Å². The molecule has 0 aliphatic heterocycles. The minimum Gasteiger partial charge on any atom is -0.497 e. The van der Waals surface area contributed by atoms with Crippen LogP contribution in [0.5, 0.6) is 11.5 Å². The minimum atomic E-state index is 0.288. The molecule has 120 valence electrons. The van der Waals surface area contributed by atoms with Gasteiger partial charge in [0, 0.05) is 11.5 Å². The van der Waals surface area contributed by atoms with Crippen molar-refractivity contribution in [2.75, 3.05) is 14.2 Å². The number of nitrogens with zero attached hydrogens (tertiary/aromatic N) is 3. The Morgan fingerprint density at radius 1 is 1.26 bits per heavy atom. The van der Waals surface area contributed by atoms with Crippen LogP contribution in [-0.2, 0) is 0 Å². The molecule has 0 N–H and O–H groups in total. The highest BCUT2D eigenvalue weighted by Crippen LogP contribution is 2.36. The minimum absolute atomic E-state index is 0.288. The number of carbonyl (C=O) groups is 1. The average molecular weight is 331 g/mol. The average Bonchev–Trinajstić information content (AvgIpc) is 3.11. The molecule has 0 unspecified atom stereocenters. The molecule has 0 saturated carbocycles. The molecule has 0 saturated heterocycles. The molecule has 0 fully saturated rings. The lowest BCUT2D eigenvalue weighted by atomic mass is 10.1. The van der Waals surface area contributed by atoms with E-state index in [0.29, 0.717) is 33.4 Å². The molecule has 0 atom stereocenters. The second-order valence-electron chi connectivity index (χ2n) is 5.32. The molecule has 2 aromatic heterocycles. The summed E-state index contributed by atoms with van der Waals surface area (Å²) < 4.78 is 12.3. The number of carbonyl (C=O) groups excluding carboxylic acids is 1. The zero-order valence-electron chi connectivity index (χ0n) is 13.4. The molecule has 3 aromatic rings. The van der Waals surface area contributed by atoms with Crippen molar-refractivity contribution in [1.29, 1.82) is 0 Å². The molecule has 0 aliphatic carbocycles. The third-order valence-corrected chi connectivity index (χ3v) is 4.73. The third-order valence-electron chi connectivity index (χ3n) is 3.52. The second kappa shape index (κ2) is 6.00. The first-order valence-corrected chi connectivity index (χ1v) is 7.97. The Bertz CT molecular complexity index is 867. The highest BCUT2D eigenvalue weighted by Gasteiger charge is 2.21. The molecule has 6 nitrogen and oxygen atoms in total. The van der Waals surface area contributed by atoms with E-state index in [1.165, 1.54) is 11.3 Å². The van der Waals surface area contributed by atoms with E-state index in [0.717, 1.165) is 11.3 Å². The fraction of sp³-hybridized carbons (Fsp3) is 0.312. The van der Waals surface area contributed by atoms with Gasteiger partial charge >= 0.3 is 0 Å². The van der Waals surface area contributed by atoms with Crippen LogP contribution in [0.15, 0.2) is 18.2 Å². The number of ether oxygens (including phenoxy) is 2. The first-order chi connectivity index (χ1) is 11.1. The monoisotopic (exact) mass is 331 g/mol. The van der Waals surface area contributed by atoms with Gasteiger partial charge in [0.2, 0.25) is 4.96 Å². The summed E-state index contributed by atoms with van der Waals surface area (Å²) >= 11 is 1.48. The summed E-state index contributed by atoms with van der Waals surface area (Å²) in [6, 6.07) is 5.40. The van der Waals surface area contributed by atoms with E-state index >= 15 is 0 Å². The van der Waals surface area contributed by atoms with Gasteiger partial charge in [-0.3, -0.25) is 4.79 Å². The van der Waals surface area contributed by atoms with E-state index < -0.39 is 0 Å². The molecule has 0 amide bonds. The Morgan fingerprint density at radius 2 is 2.04 bits per heavy atom. The topological polar surface area (TPSA) is 65.7 Å². The van der Waals surface area contributed by atoms with Crippen molar-refractivity contribution in [3.63, 3.8) is 0 Å². The molecule has 0 spiro atoms. The zero-order valence-corrected chi connectivity index (χ0v) is 14.2. The maximum atomic E-state index is 11.6. The van der Waals surface area contributed by atoms with Crippen molar-refractivity contribution in [3.8, 4) is 22.8 Å². The van der Waals surface area contributed by atoms with Gasteiger partial charge in [-0.05, 0) is 18.2 Å². The summed E-state index contributed by atoms with van der Waals surface area (Å²) in [6.45, 7) is 4.12. The smallest absolute Gasteiger partial charge is 0.213 e. The molecule has 0 radical (unpaired) electrons. The van der Waals surface area contributed by atoms with Crippen LogP contribution in [0.3, 0.4) is 0 Å². The van der Waals surface area contributed by atoms with Crippen molar-refractivity contribution < 1.29 is 14.3 Å². The fourth-order valence-corrected chi connectivity index (χ4v) is 3.22. The number of aldehydes is 1. The summed E-state index contributed by atoms with van der Waals surface area (Å²) in [4.78, 5) is 16.9. The highest BCUT2D eigenvalue weighted by molar-refractivity contribution is 7.16. The van der Waals surface area contributed by atoms with Gasteiger partial charge in [-0.1, -0.05) is 25.2 Å². The van der Waals surface area contributed by atoms with Crippen molar-refractivity contribution in [1.82, 2.24) is 14.6 Å². The first kappa shape index (κ1) is 15.5. The predicted octanol–water partition coefficient (Wildman–Crippen LogP) is 3.41. The van der Waals surface area contributed by atoms with E-state index in [9.17, 15) is 4.79 Å². The summed E-state index contributed by atoms with van der Waals surface area (Å²) in [6.07, 6.45) is 0.776. The standard InChI is InChI=1S/C16H17N3O3S/c1-9(2)15-18-19-12(8-20)14(17-16(19)23-15)11-7-10(21-3)5-6-13(11)22-4/h5-9H,1-4H3. The Kier molecular flexibility index (Phi) is 4.04. The number of aromatic nitrogens is 3. The van der Waals surface area contributed by atoms with Gasteiger partial charge in [-0.25, -0.2) is 4.98 Å². The quantitative estimate of drug-likeness (QED) is 0.670. The maximum absolute atomic E-state index is 11.6. The van der Waals surface area contributed by atoms with Crippen LogP contribution < -0.4 is 9.47 Å². The van der Waals surface area contributed by atoms with Crippen LogP contribution in [-0.4, -0.2) is 35.1 Å². The molecular weight excluding hydrogens is 314 g/mol. The number of methoxy groups -OCH3 is 2. The van der Waals surface area contributed by atoms with Gasteiger partial charge in [-0.2, -0.15) is 9.61 Å². The summed E-state index contributed by atoms with van der Waals surface area (Å²) in [7, 11) is 3.17. The molecule has 7 heteroatoms. The second-order valence-corrected chi connectivity index (χ2v) is 6.31.